The second-order valence-electron chi connectivity index (χ2n) is 11.3. The SMILES string of the molecule is COc1ccc(-c2cc(C(=O)O)ccc2F)cc1S(=O)(=O)N(C)CC(O)CNC(C)(C)CC1Cc2ccccc2C1. The predicted octanol–water partition coefficient (Wildman–Crippen LogP) is 4.35. The van der Waals surface area contributed by atoms with E-state index in [1.807, 2.05) is 0 Å². The first-order chi connectivity index (χ1) is 19.3. The molecule has 0 radical (unpaired) electrons. The van der Waals surface area contributed by atoms with Crippen LogP contribution in [0.4, 0.5) is 4.39 Å². The smallest absolute Gasteiger partial charge is 0.335 e. The molecule has 0 amide bonds. The standard InChI is InChI=1S/C31H37FN2O6S/c1-31(2,17-20-13-21-7-5-6-8-22(21)14-20)33-18-25(35)19-34(3)41(38,39)29-16-23(10-12-28(29)40-4)26-15-24(30(36)37)9-11-27(26)32/h5-12,15-16,20,25,33,35H,13-14,17-19H2,1-4H3,(H,36,37). The van der Waals surface area contributed by atoms with E-state index in [2.05, 4.69) is 43.4 Å². The molecule has 1 aliphatic rings. The molecular weight excluding hydrogens is 547 g/mol. The molecule has 1 unspecified atom stereocenters. The Labute approximate surface area is 240 Å². The van der Waals surface area contributed by atoms with Crippen LogP contribution in [0.1, 0.15) is 41.8 Å². The molecule has 0 bridgehead atoms. The fourth-order valence-corrected chi connectivity index (χ4v) is 6.92. The first-order valence-electron chi connectivity index (χ1n) is 13.5. The molecule has 3 N–H and O–H groups in total. The first kappa shape index (κ1) is 30.6. The van der Waals surface area contributed by atoms with Crippen molar-refractivity contribution in [3.63, 3.8) is 0 Å². The zero-order valence-electron chi connectivity index (χ0n) is 23.7. The van der Waals surface area contributed by atoms with Gasteiger partial charge in [-0.1, -0.05) is 30.3 Å². The number of carbonyl (C=O) groups is 1. The third-order valence-corrected chi connectivity index (χ3v) is 9.44. The van der Waals surface area contributed by atoms with E-state index in [1.54, 1.807) is 0 Å². The number of benzene rings is 3. The molecule has 220 valence electrons. The summed E-state index contributed by atoms with van der Waals surface area (Å²) >= 11 is 0. The van der Waals surface area contributed by atoms with E-state index >= 15 is 0 Å². The number of aromatic carboxylic acids is 1. The van der Waals surface area contributed by atoms with E-state index in [4.69, 9.17) is 4.74 Å². The number of aliphatic hydroxyl groups excluding tert-OH is 1. The third kappa shape index (κ3) is 7.13. The topological polar surface area (TPSA) is 116 Å². The Morgan fingerprint density at radius 2 is 1.78 bits per heavy atom. The number of sulfonamides is 1. The van der Waals surface area contributed by atoms with Crippen LogP contribution in [-0.4, -0.2) is 67.8 Å². The minimum Gasteiger partial charge on any atom is -0.495 e. The van der Waals surface area contributed by atoms with Gasteiger partial charge in [-0.3, -0.25) is 0 Å². The molecule has 0 saturated carbocycles. The summed E-state index contributed by atoms with van der Waals surface area (Å²) in [6.07, 6.45) is 1.96. The summed E-state index contributed by atoms with van der Waals surface area (Å²) < 4.78 is 48.0. The summed E-state index contributed by atoms with van der Waals surface area (Å²) in [5.41, 5.74) is 2.50. The van der Waals surface area contributed by atoms with Crippen LogP contribution in [0.3, 0.4) is 0 Å². The summed E-state index contributed by atoms with van der Waals surface area (Å²) in [5.74, 6) is -1.38. The van der Waals surface area contributed by atoms with Crippen molar-refractivity contribution in [3.05, 3.63) is 83.2 Å². The molecular formula is C31H37FN2O6S. The number of carboxylic acid groups (broad SMARTS) is 1. The predicted molar refractivity (Wildman–Crippen MR) is 155 cm³/mol. The van der Waals surface area contributed by atoms with Crippen molar-refractivity contribution in [2.24, 2.45) is 5.92 Å². The Kier molecular flexibility index (Phi) is 9.18. The highest BCUT2D eigenvalue weighted by atomic mass is 32.2. The van der Waals surface area contributed by atoms with Gasteiger partial charge in [-0.05, 0) is 86.1 Å². The van der Waals surface area contributed by atoms with Crippen molar-refractivity contribution < 1.29 is 32.6 Å². The summed E-state index contributed by atoms with van der Waals surface area (Å²) in [6.45, 7) is 4.17. The molecule has 10 heteroatoms. The number of carboxylic acids is 1. The van der Waals surface area contributed by atoms with E-state index in [-0.39, 0.29) is 46.0 Å². The van der Waals surface area contributed by atoms with Crippen LogP contribution in [0.5, 0.6) is 5.75 Å². The molecule has 3 aromatic carbocycles. The number of fused-ring (bicyclic) bond motifs is 1. The van der Waals surface area contributed by atoms with E-state index in [0.29, 0.717) is 5.92 Å². The molecule has 8 nitrogen and oxygen atoms in total. The van der Waals surface area contributed by atoms with Gasteiger partial charge in [0.1, 0.15) is 16.5 Å². The third-order valence-electron chi connectivity index (χ3n) is 7.59. The Balaban J connectivity index is 1.43. The first-order valence-corrected chi connectivity index (χ1v) is 14.9. The van der Waals surface area contributed by atoms with E-state index in [9.17, 15) is 27.8 Å². The lowest BCUT2D eigenvalue weighted by molar-refractivity contribution is 0.0697. The van der Waals surface area contributed by atoms with Crippen molar-refractivity contribution >= 4 is 16.0 Å². The molecule has 1 atom stereocenters. The maximum absolute atomic E-state index is 14.6. The molecule has 3 aromatic rings. The number of aliphatic hydroxyl groups is 1. The fraction of sp³-hybridized carbons (Fsp3) is 0.387. The van der Waals surface area contributed by atoms with Gasteiger partial charge in [-0.25, -0.2) is 17.6 Å². The number of hydrogen-bond donors (Lipinski definition) is 3. The van der Waals surface area contributed by atoms with Gasteiger partial charge < -0.3 is 20.3 Å². The number of methoxy groups -OCH3 is 1. The van der Waals surface area contributed by atoms with Crippen LogP contribution >= 0.6 is 0 Å². The average molecular weight is 585 g/mol. The Hall–Kier alpha value is -3.31. The number of likely N-dealkylation sites (N-methyl/N-ethyl adjacent to an activating group) is 1. The molecule has 0 aliphatic heterocycles. The van der Waals surface area contributed by atoms with Crippen LogP contribution in [0, 0.1) is 11.7 Å². The lowest BCUT2D eigenvalue weighted by Crippen LogP contribution is -2.47. The summed E-state index contributed by atoms with van der Waals surface area (Å²) in [7, 11) is -1.49. The normalized spacial score (nSPS) is 14.7. The summed E-state index contributed by atoms with van der Waals surface area (Å²) in [6, 6.07) is 15.9. The van der Waals surface area contributed by atoms with Crippen LogP contribution in [0.2, 0.25) is 0 Å². The van der Waals surface area contributed by atoms with E-state index in [1.165, 1.54) is 43.5 Å². The molecule has 0 heterocycles. The van der Waals surface area contributed by atoms with Crippen LogP contribution < -0.4 is 10.1 Å². The number of ether oxygens (including phenoxy) is 1. The van der Waals surface area contributed by atoms with Crippen molar-refractivity contribution in [2.45, 2.75) is 49.6 Å². The van der Waals surface area contributed by atoms with Crippen molar-refractivity contribution in [1.82, 2.24) is 9.62 Å². The maximum Gasteiger partial charge on any atom is 0.335 e. The zero-order chi connectivity index (χ0) is 29.9. The van der Waals surface area contributed by atoms with Gasteiger partial charge in [0.25, 0.3) is 0 Å². The molecule has 0 saturated heterocycles. The summed E-state index contributed by atoms with van der Waals surface area (Å²) in [5, 5.41) is 23.5. The second-order valence-corrected chi connectivity index (χ2v) is 13.3. The highest BCUT2D eigenvalue weighted by molar-refractivity contribution is 7.89. The van der Waals surface area contributed by atoms with Crippen molar-refractivity contribution in [3.8, 4) is 16.9 Å². The summed E-state index contributed by atoms with van der Waals surface area (Å²) in [4.78, 5) is 11.2. The van der Waals surface area contributed by atoms with Gasteiger partial charge in [0, 0.05) is 31.2 Å². The van der Waals surface area contributed by atoms with Crippen LogP contribution in [0.15, 0.2) is 65.6 Å². The monoisotopic (exact) mass is 584 g/mol. The Morgan fingerprint density at radius 1 is 1.12 bits per heavy atom. The van der Waals surface area contributed by atoms with Gasteiger partial charge in [0.05, 0.1) is 18.8 Å². The minimum absolute atomic E-state index is 0.0432. The molecule has 0 fully saturated rings. The van der Waals surface area contributed by atoms with Crippen LogP contribution in [0.25, 0.3) is 11.1 Å². The number of rotatable bonds is 12. The van der Waals surface area contributed by atoms with E-state index in [0.717, 1.165) is 41.8 Å². The average Bonchev–Trinajstić information content (AvgIpc) is 3.33. The molecule has 1 aliphatic carbocycles. The van der Waals surface area contributed by atoms with Crippen molar-refractivity contribution in [2.75, 3.05) is 27.2 Å². The highest BCUT2D eigenvalue weighted by Crippen LogP contribution is 2.34. The molecule has 41 heavy (non-hydrogen) atoms. The van der Waals surface area contributed by atoms with Crippen LogP contribution in [-0.2, 0) is 22.9 Å². The largest absolute Gasteiger partial charge is 0.495 e. The molecule has 0 aromatic heterocycles. The lowest BCUT2D eigenvalue weighted by atomic mass is 9.88. The van der Waals surface area contributed by atoms with Gasteiger partial charge in [0.15, 0.2) is 0 Å². The van der Waals surface area contributed by atoms with Crippen molar-refractivity contribution in [1.29, 1.82) is 0 Å². The van der Waals surface area contributed by atoms with Gasteiger partial charge >= 0.3 is 5.97 Å². The number of halogens is 1. The maximum atomic E-state index is 14.6. The Bertz CT molecular complexity index is 1500. The second kappa shape index (κ2) is 12.3. The number of hydrogen-bond acceptors (Lipinski definition) is 6. The fourth-order valence-electron chi connectivity index (χ4n) is 5.53. The number of β-amino-alcohol motifs (C(OH)–C–C–N with tert-alkyl or cyclic N) is 1. The Morgan fingerprint density at radius 3 is 2.39 bits per heavy atom. The lowest BCUT2D eigenvalue weighted by Gasteiger charge is -2.31. The highest BCUT2D eigenvalue weighted by Gasteiger charge is 2.30. The van der Waals surface area contributed by atoms with Gasteiger partial charge in [0.2, 0.25) is 10.0 Å². The quantitative estimate of drug-likeness (QED) is 0.290. The molecule has 0 spiro atoms. The number of nitrogens with one attached hydrogen (secondary N) is 1. The molecule has 4 rings (SSSR count). The number of nitrogens with zero attached hydrogens (tertiary/aromatic N) is 1. The van der Waals surface area contributed by atoms with Gasteiger partial charge in [-0.15, -0.1) is 0 Å². The van der Waals surface area contributed by atoms with E-state index < -0.39 is 27.9 Å². The minimum atomic E-state index is -4.17. The van der Waals surface area contributed by atoms with Gasteiger partial charge in [-0.2, -0.15) is 4.31 Å². The zero-order valence-corrected chi connectivity index (χ0v) is 24.5.